The summed E-state index contributed by atoms with van der Waals surface area (Å²) in [5.74, 6) is 0.846. The van der Waals surface area contributed by atoms with Crippen molar-refractivity contribution >= 4 is 0 Å². The lowest BCUT2D eigenvalue weighted by Gasteiger charge is -2.33. The minimum Gasteiger partial charge on any atom is -0.0879 e. The highest BCUT2D eigenvalue weighted by molar-refractivity contribution is 5.03. The molecule has 0 unspecified atom stereocenters. The first-order valence-corrected chi connectivity index (χ1v) is 5.36. The second kappa shape index (κ2) is 4.11. The van der Waals surface area contributed by atoms with Crippen molar-refractivity contribution in [3.8, 4) is 0 Å². The van der Waals surface area contributed by atoms with Crippen molar-refractivity contribution in [2.75, 3.05) is 0 Å². The van der Waals surface area contributed by atoms with Crippen LogP contribution in [0.15, 0.2) is 12.2 Å². The van der Waals surface area contributed by atoms with Crippen LogP contribution in [0.2, 0.25) is 0 Å². The Morgan fingerprint density at radius 3 is 2.25 bits per heavy atom. The predicted molar refractivity (Wildman–Crippen MR) is 55.2 cm³/mol. The van der Waals surface area contributed by atoms with E-state index in [0.717, 1.165) is 5.92 Å². The van der Waals surface area contributed by atoms with E-state index < -0.39 is 0 Å². The fourth-order valence-corrected chi connectivity index (χ4v) is 2.21. The van der Waals surface area contributed by atoms with E-state index in [1.807, 2.05) is 0 Å². The van der Waals surface area contributed by atoms with Gasteiger partial charge >= 0.3 is 0 Å². The van der Waals surface area contributed by atoms with E-state index in [0.29, 0.717) is 5.41 Å². The van der Waals surface area contributed by atoms with Crippen LogP contribution >= 0.6 is 0 Å². The van der Waals surface area contributed by atoms with Gasteiger partial charge in [-0.15, -0.1) is 0 Å². The van der Waals surface area contributed by atoms with Gasteiger partial charge in [-0.1, -0.05) is 45.8 Å². The van der Waals surface area contributed by atoms with E-state index in [2.05, 4.69) is 32.9 Å². The molecule has 0 heteroatoms. The number of rotatable bonds is 4. The Labute approximate surface area is 77.1 Å². The number of hydrogen-bond acceptors (Lipinski definition) is 0. The van der Waals surface area contributed by atoms with Crippen molar-refractivity contribution in [2.24, 2.45) is 11.3 Å². The predicted octanol–water partition coefficient (Wildman–Crippen LogP) is 4.17. The van der Waals surface area contributed by atoms with Crippen LogP contribution in [-0.2, 0) is 0 Å². The molecule has 0 radical (unpaired) electrons. The summed E-state index contributed by atoms with van der Waals surface area (Å²) in [6.45, 7) is 7.04. The highest BCUT2D eigenvalue weighted by atomic mass is 14.4. The van der Waals surface area contributed by atoms with Crippen LogP contribution in [0.5, 0.6) is 0 Å². The molecule has 0 fully saturated rings. The molecule has 0 nitrogen and oxygen atoms in total. The van der Waals surface area contributed by atoms with Crippen LogP contribution in [0.25, 0.3) is 0 Å². The van der Waals surface area contributed by atoms with Crippen molar-refractivity contribution < 1.29 is 0 Å². The van der Waals surface area contributed by atoms with E-state index in [9.17, 15) is 0 Å². The number of unbranched alkanes of at least 4 members (excludes halogenated alkanes) is 1. The molecule has 12 heavy (non-hydrogen) atoms. The molecule has 1 aliphatic rings. The minimum atomic E-state index is 0.635. The van der Waals surface area contributed by atoms with Gasteiger partial charge < -0.3 is 0 Å². The zero-order valence-electron chi connectivity index (χ0n) is 8.77. The molecule has 0 heterocycles. The lowest BCUT2D eigenvalue weighted by atomic mass is 9.71. The molecule has 0 aliphatic heterocycles. The summed E-state index contributed by atoms with van der Waals surface area (Å²) in [5.41, 5.74) is 0.635. The maximum absolute atomic E-state index is 2.38. The SMILES string of the molecule is CCCCC1(C(C)C)CC=CC1. The van der Waals surface area contributed by atoms with E-state index in [-0.39, 0.29) is 0 Å². The quantitative estimate of drug-likeness (QED) is 0.550. The van der Waals surface area contributed by atoms with Gasteiger partial charge in [0.1, 0.15) is 0 Å². The summed E-state index contributed by atoms with van der Waals surface area (Å²) in [7, 11) is 0. The monoisotopic (exact) mass is 166 g/mol. The van der Waals surface area contributed by atoms with Gasteiger partial charge in [-0.3, -0.25) is 0 Å². The van der Waals surface area contributed by atoms with Crippen molar-refractivity contribution in [1.29, 1.82) is 0 Å². The molecule has 0 saturated heterocycles. The molecule has 1 rings (SSSR count). The van der Waals surface area contributed by atoms with E-state index in [1.54, 1.807) is 0 Å². The standard InChI is InChI=1S/C12H22/c1-4-5-8-12(11(2)3)9-6-7-10-12/h6-7,11H,4-5,8-10H2,1-3H3. The zero-order chi connectivity index (χ0) is 9.03. The first kappa shape index (κ1) is 9.83. The third-order valence-electron chi connectivity index (χ3n) is 3.47. The van der Waals surface area contributed by atoms with Gasteiger partial charge in [0.25, 0.3) is 0 Å². The molecule has 1 aliphatic carbocycles. The van der Waals surface area contributed by atoms with Gasteiger partial charge in [-0.25, -0.2) is 0 Å². The largest absolute Gasteiger partial charge is 0.0879 e. The maximum atomic E-state index is 2.38. The summed E-state index contributed by atoms with van der Waals surface area (Å²) in [6, 6.07) is 0. The zero-order valence-corrected chi connectivity index (χ0v) is 8.77. The molecule has 0 amide bonds. The van der Waals surface area contributed by atoms with Crippen LogP contribution in [0, 0.1) is 11.3 Å². The topological polar surface area (TPSA) is 0 Å². The van der Waals surface area contributed by atoms with Crippen molar-refractivity contribution in [1.82, 2.24) is 0 Å². The fraction of sp³-hybridized carbons (Fsp3) is 0.833. The van der Waals surface area contributed by atoms with Crippen LogP contribution in [0.4, 0.5) is 0 Å². The summed E-state index contributed by atoms with van der Waals surface area (Å²) in [6.07, 6.45) is 11.6. The number of hydrogen-bond donors (Lipinski definition) is 0. The van der Waals surface area contributed by atoms with Crippen molar-refractivity contribution in [2.45, 2.75) is 52.9 Å². The van der Waals surface area contributed by atoms with Crippen LogP contribution < -0.4 is 0 Å². The molecule has 0 spiro atoms. The van der Waals surface area contributed by atoms with Gasteiger partial charge in [0.05, 0.1) is 0 Å². The highest BCUT2D eigenvalue weighted by Crippen LogP contribution is 2.44. The Hall–Kier alpha value is -0.260. The Morgan fingerprint density at radius 2 is 1.83 bits per heavy atom. The van der Waals surface area contributed by atoms with Gasteiger partial charge in [-0.05, 0) is 30.6 Å². The molecule has 0 aromatic heterocycles. The van der Waals surface area contributed by atoms with Gasteiger partial charge in [-0.2, -0.15) is 0 Å². The normalized spacial score (nSPS) is 20.7. The van der Waals surface area contributed by atoms with Crippen molar-refractivity contribution in [3.63, 3.8) is 0 Å². The Bertz CT molecular complexity index is 145. The maximum Gasteiger partial charge on any atom is -0.0205 e. The second-order valence-corrected chi connectivity index (χ2v) is 4.50. The average Bonchev–Trinajstić information content (AvgIpc) is 2.50. The van der Waals surface area contributed by atoms with Crippen molar-refractivity contribution in [3.05, 3.63) is 12.2 Å². The second-order valence-electron chi connectivity index (χ2n) is 4.50. The summed E-state index contributed by atoms with van der Waals surface area (Å²) >= 11 is 0. The summed E-state index contributed by atoms with van der Waals surface area (Å²) in [4.78, 5) is 0. The Morgan fingerprint density at radius 1 is 1.25 bits per heavy atom. The van der Waals surface area contributed by atoms with Crippen LogP contribution in [-0.4, -0.2) is 0 Å². The van der Waals surface area contributed by atoms with Gasteiger partial charge in [0.15, 0.2) is 0 Å². The Kier molecular flexibility index (Phi) is 3.37. The fourth-order valence-electron chi connectivity index (χ4n) is 2.21. The smallest absolute Gasteiger partial charge is 0.0205 e. The van der Waals surface area contributed by atoms with Gasteiger partial charge in [0.2, 0.25) is 0 Å². The number of allylic oxidation sites excluding steroid dienone is 2. The lowest BCUT2D eigenvalue weighted by Crippen LogP contribution is -2.23. The van der Waals surface area contributed by atoms with Gasteiger partial charge in [0, 0.05) is 0 Å². The molecule has 0 aromatic carbocycles. The molecule has 0 atom stereocenters. The molecular weight excluding hydrogens is 144 g/mol. The molecule has 0 N–H and O–H groups in total. The van der Waals surface area contributed by atoms with Crippen LogP contribution in [0.1, 0.15) is 52.9 Å². The third-order valence-corrected chi connectivity index (χ3v) is 3.47. The summed E-state index contributed by atoms with van der Waals surface area (Å²) in [5, 5.41) is 0. The third kappa shape index (κ3) is 1.91. The first-order valence-electron chi connectivity index (χ1n) is 5.36. The highest BCUT2D eigenvalue weighted by Gasteiger charge is 2.33. The molecule has 0 saturated carbocycles. The van der Waals surface area contributed by atoms with E-state index >= 15 is 0 Å². The van der Waals surface area contributed by atoms with Crippen LogP contribution in [0.3, 0.4) is 0 Å². The summed E-state index contributed by atoms with van der Waals surface area (Å²) < 4.78 is 0. The first-order chi connectivity index (χ1) is 5.71. The molecular formula is C12H22. The Balaban J connectivity index is 2.49. The molecule has 0 aromatic rings. The lowest BCUT2D eigenvalue weighted by molar-refractivity contribution is 0.183. The molecule has 70 valence electrons. The average molecular weight is 166 g/mol. The molecule has 0 bridgehead atoms. The van der Waals surface area contributed by atoms with E-state index in [1.165, 1.54) is 32.1 Å². The minimum absolute atomic E-state index is 0.635. The van der Waals surface area contributed by atoms with E-state index in [4.69, 9.17) is 0 Å².